The number of hydrogen-bond acceptors (Lipinski definition) is 3. The van der Waals surface area contributed by atoms with Crippen molar-refractivity contribution in [1.82, 2.24) is 9.80 Å². The molecule has 0 spiro atoms. The Labute approximate surface area is 152 Å². The molecule has 0 radical (unpaired) electrons. The van der Waals surface area contributed by atoms with E-state index in [9.17, 15) is 4.79 Å². The summed E-state index contributed by atoms with van der Waals surface area (Å²) in [5.41, 5.74) is 1.31. The van der Waals surface area contributed by atoms with Gasteiger partial charge in [-0.3, -0.25) is 9.69 Å². The third kappa shape index (κ3) is 4.00. The van der Waals surface area contributed by atoms with Gasteiger partial charge in [-0.1, -0.05) is 36.7 Å². The molecular formula is C19H23ClN2OS. The van der Waals surface area contributed by atoms with Crippen molar-refractivity contribution in [2.75, 3.05) is 26.2 Å². The van der Waals surface area contributed by atoms with Gasteiger partial charge in [0.2, 0.25) is 0 Å². The first-order valence-corrected chi connectivity index (χ1v) is 9.77. The maximum atomic E-state index is 12.6. The van der Waals surface area contributed by atoms with Gasteiger partial charge < -0.3 is 4.90 Å². The summed E-state index contributed by atoms with van der Waals surface area (Å²) in [6, 6.07) is 12.4. The molecule has 1 fully saturated rings. The van der Waals surface area contributed by atoms with Crippen LogP contribution < -0.4 is 0 Å². The van der Waals surface area contributed by atoms with E-state index in [1.807, 2.05) is 34.5 Å². The Bertz CT molecular complexity index is 657. The Morgan fingerprint density at radius 1 is 1.17 bits per heavy atom. The van der Waals surface area contributed by atoms with Gasteiger partial charge in [-0.25, -0.2) is 0 Å². The van der Waals surface area contributed by atoms with Crippen LogP contribution >= 0.6 is 22.9 Å². The van der Waals surface area contributed by atoms with E-state index >= 15 is 0 Å². The molecule has 3 nitrogen and oxygen atoms in total. The number of carbonyl (C=O) groups excluding carboxylic acids is 1. The number of nitrogens with zero attached hydrogens (tertiary/aromatic N) is 2. The first-order valence-electron chi connectivity index (χ1n) is 8.51. The minimum Gasteiger partial charge on any atom is -0.337 e. The molecule has 0 bridgehead atoms. The molecule has 2 heterocycles. The summed E-state index contributed by atoms with van der Waals surface area (Å²) in [4.78, 5) is 17.9. The van der Waals surface area contributed by atoms with Gasteiger partial charge in [0.1, 0.15) is 0 Å². The predicted octanol–water partition coefficient (Wildman–Crippen LogP) is 4.70. The van der Waals surface area contributed by atoms with Crippen molar-refractivity contribution in [2.24, 2.45) is 0 Å². The van der Waals surface area contributed by atoms with E-state index < -0.39 is 0 Å². The molecule has 2 aromatic rings. The van der Waals surface area contributed by atoms with Gasteiger partial charge in [-0.05, 0) is 42.0 Å². The van der Waals surface area contributed by atoms with Crippen LogP contribution in [0.5, 0.6) is 0 Å². The molecule has 1 amide bonds. The fourth-order valence-electron chi connectivity index (χ4n) is 3.40. The zero-order valence-corrected chi connectivity index (χ0v) is 15.5. The molecule has 1 aromatic heterocycles. The predicted molar refractivity (Wildman–Crippen MR) is 101 cm³/mol. The zero-order valence-electron chi connectivity index (χ0n) is 14.0. The van der Waals surface area contributed by atoms with Crippen LogP contribution in [0.3, 0.4) is 0 Å². The maximum absolute atomic E-state index is 12.6. The van der Waals surface area contributed by atoms with Gasteiger partial charge in [0.15, 0.2) is 0 Å². The summed E-state index contributed by atoms with van der Waals surface area (Å²) in [5, 5.41) is 2.74. The molecule has 1 unspecified atom stereocenters. The van der Waals surface area contributed by atoms with Gasteiger partial charge in [0.05, 0.1) is 4.88 Å². The molecule has 0 saturated carbocycles. The van der Waals surface area contributed by atoms with Crippen LogP contribution in [0.2, 0.25) is 5.02 Å². The van der Waals surface area contributed by atoms with E-state index in [0.717, 1.165) is 48.9 Å². The standard InChI is InChI=1S/C19H23ClN2OS/c1-2-17(15-6-8-16(20)9-7-15)21-10-4-11-22(13-12-21)19(23)18-5-3-14-24-18/h3,5-9,14,17H,2,4,10-13H2,1H3. The Hall–Kier alpha value is -1.36. The number of carbonyl (C=O) groups is 1. The largest absolute Gasteiger partial charge is 0.337 e. The highest BCUT2D eigenvalue weighted by Crippen LogP contribution is 2.27. The number of thiophene rings is 1. The van der Waals surface area contributed by atoms with Crippen molar-refractivity contribution in [3.8, 4) is 0 Å². The summed E-state index contributed by atoms with van der Waals surface area (Å²) in [6.45, 7) is 5.79. The topological polar surface area (TPSA) is 23.6 Å². The van der Waals surface area contributed by atoms with Crippen molar-refractivity contribution in [1.29, 1.82) is 0 Å². The minimum absolute atomic E-state index is 0.173. The second-order valence-corrected chi connectivity index (χ2v) is 7.52. The molecule has 1 aliphatic rings. The molecule has 3 rings (SSSR count). The molecule has 5 heteroatoms. The van der Waals surface area contributed by atoms with E-state index in [0.29, 0.717) is 6.04 Å². The highest BCUT2D eigenvalue weighted by atomic mass is 35.5. The van der Waals surface area contributed by atoms with Crippen molar-refractivity contribution < 1.29 is 4.79 Å². The van der Waals surface area contributed by atoms with Crippen molar-refractivity contribution in [3.05, 3.63) is 57.2 Å². The van der Waals surface area contributed by atoms with E-state index in [1.165, 1.54) is 16.9 Å². The number of benzene rings is 1. The minimum atomic E-state index is 0.173. The first-order chi connectivity index (χ1) is 11.7. The quantitative estimate of drug-likeness (QED) is 0.787. The summed E-state index contributed by atoms with van der Waals surface area (Å²) >= 11 is 7.54. The third-order valence-corrected chi connectivity index (χ3v) is 5.74. The third-order valence-electron chi connectivity index (χ3n) is 4.63. The lowest BCUT2D eigenvalue weighted by Crippen LogP contribution is -2.36. The van der Waals surface area contributed by atoms with Crippen LogP contribution in [0, 0.1) is 0 Å². The van der Waals surface area contributed by atoms with Crippen LogP contribution in [0.25, 0.3) is 0 Å². The molecule has 1 aliphatic heterocycles. The molecular weight excluding hydrogens is 340 g/mol. The van der Waals surface area contributed by atoms with Gasteiger partial charge in [-0.2, -0.15) is 0 Å². The fourth-order valence-corrected chi connectivity index (χ4v) is 4.21. The monoisotopic (exact) mass is 362 g/mol. The van der Waals surface area contributed by atoms with Gasteiger partial charge in [0, 0.05) is 37.2 Å². The molecule has 1 saturated heterocycles. The normalized spacial score (nSPS) is 17.5. The smallest absolute Gasteiger partial charge is 0.263 e. The molecule has 1 aromatic carbocycles. The van der Waals surface area contributed by atoms with Crippen LogP contribution in [0.15, 0.2) is 41.8 Å². The Kier molecular flexibility index (Phi) is 5.93. The van der Waals surface area contributed by atoms with Gasteiger partial charge in [0.25, 0.3) is 5.91 Å². The lowest BCUT2D eigenvalue weighted by atomic mass is 10.0. The molecule has 128 valence electrons. The summed E-state index contributed by atoms with van der Waals surface area (Å²) < 4.78 is 0. The van der Waals surface area contributed by atoms with E-state index in [4.69, 9.17) is 11.6 Å². The van der Waals surface area contributed by atoms with E-state index in [1.54, 1.807) is 0 Å². The first kappa shape index (κ1) is 17.5. The Morgan fingerprint density at radius 3 is 2.62 bits per heavy atom. The van der Waals surface area contributed by atoms with Crippen molar-refractivity contribution >= 4 is 28.8 Å². The molecule has 24 heavy (non-hydrogen) atoms. The average molecular weight is 363 g/mol. The fraction of sp³-hybridized carbons (Fsp3) is 0.421. The number of amides is 1. The van der Waals surface area contributed by atoms with Crippen molar-refractivity contribution in [3.63, 3.8) is 0 Å². The lowest BCUT2D eigenvalue weighted by molar-refractivity contribution is 0.0762. The SMILES string of the molecule is CCC(c1ccc(Cl)cc1)N1CCCN(C(=O)c2cccs2)CC1. The van der Waals surface area contributed by atoms with Crippen LogP contribution in [-0.2, 0) is 0 Å². The van der Waals surface area contributed by atoms with Crippen LogP contribution in [-0.4, -0.2) is 41.9 Å². The highest BCUT2D eigenvalue weighted by molar-refractivity contribution is 7.12. The molecule has 0 aliphatic carbocycles. The lowest BCUT2D eigenvalue weighted by Gasteiger charge is -2.30. The second-order valence-electron chi connectivity index (χ2n) is 6.13. The Balaban J connectivity index is 1.67. The summed E-state index contributed by atoms with van der Waals surface area (Å²) in [6.07, 6.45) is 2.07. The number of hydrogen-bond donors (Lipinski definition) is 0. The van der Waals surface area contributed by atoms with E-state index in [2.05, 4.69) is 24.0 Å². The number of halogens is 1. The molecule has 1 atom stereocenters. The molecule has 0 N–H and O–H groups in total. The van der Waals surface area contributed by atoms with Crippen LogP contribution in [0.1, 0.15) is 41.0 Å². The van der Waals surface area contributed by atoms with E-state index in [-0.39, 0.29) is 5.91 Å². The maximum Gasteiger partial charge on any atom is 0.263 e. The van der Waals surface area contributed by atoms with Crippen molar-refractivity contribution in [2.45, 2.75) is 25.8 Å². The zero-order chi connectivity index (χ0) is 16.9. The second kappa shape index (κ2) is 8.15. The van der Waals surface area contributed by atoms with Gasteiger partial charge in [-0.15, -0.1) is 11.3 Å². The Morgan fingerprint density at radius 2 is 1.96 bits per heavy atom. The van der Waals surface area contributed by atoms with Crippen LogP contribution in [0.4, 0.5) is 0 Å². The highest BCUT2D eigenvalue weighted by Gasteiger charge is 2.25. The van der Waals surface area contributed by atoms with Gasteiger partial charge >= 0.3 is 0 Å². The summed E-state index contributed by atoms with van der Waals surface area (Å²) in [5.74, 6) is 0.173. The number of rotatable bonds is 4. The summed E-state index contributed by atoms with van der Waals surface area (Å²) in [7, 11) is 0. The average Bonchev–Trinajstić information content (AvgIpc) is 3.03.